The largest absolute Gasteiger partial charge is 0.478 e. The zero-order valence-corrected chi connectivity index (χ0v) is 23.5. The fourth-order valence-electron chi connectivity index (χ4n) is 7.03. The lowest BCUT2D eigenvalue weighted by atomic mass is 9.62. The zero-order chi connectivity index (χ0) is 29.7. The highest BCUT2D eigenvalue weighted by Crippen LogP contribution is 2.62. The molecule has 3 aliphatic heterocycles. The normalized spacial score (nSPS) is 22.7. The first-order valence-electron chi connectivity index (χ1n) is 13.8. The predicted octanol–water partition coefficient (Wildman–Crippen LogP) is 6.22. The van der Waals surface area contributed by atoms with Gasteiger partial charge in [0.05, 0.1) is 17.5 Å². The van der Waals surface area contributed by atoms with Crippen LogP contribution in [0.15, 0.2) is 103 Å². The molecule has 4 atom stereocenters. The second-order valence-electron chi connectivity index (χ2n) is 10.8. The van der Waals surface area contributed by atoms with Crippen LogP contribution in [0.4, 0.5) is 5.69 Å². The van der Waals surface area contributed by atoms with Gasteiger partial charge in [-0.25, -0.2) is 0 Å². The number of nitrogens with one attached hydrogen (secondary N) is 1. The van der Waals surface area contributed by atoms with Crippen LogP contribution in [0.5, 0.6) is 5.75 Å². The van der Waals surface area contributed by atoms with Crippen LogP contribution in [-0.2, 0) is 10.2 Å². The second-order valence-corrected chi connectivity index (χ2v) is 11.2. The van der Waals surface area contributed by atoms with Gasteiger partial charge in [-0.1, -0.05) is 66.2 Å². The molecule has 1 amide bonds. The maximum Gasteiger partial charge on any atom is 0.238 e. The van der Waals surface area contributed by atoms with Crippen molar-refractivity contribution in [3.63, 3.8) is 0 Å². The summed E-state index contributed by atoms with van der Waals surface area (Å²) in [6, 6.07) is 28.5. The van der Waals surface area contributed by atoms with Crippen molar-refractivity contribution in [2.75, 3.05) is 11.9 Å². The average molecular weight is 586 g/mol. The van der Waals surface area contributed by atoms with Crippen LogP contribution < -0.4 is 10.1 Å². The van der Waals surface area contributed by atoms with E-state index in [1.54, 1.807) is 48.5 Å². The number of amides is 1. The maximum atomic E-state index is 14.8. The third-order valence-corrected chi connectivity index (χ3v) is 8.95. The lowest BCUT2D eigenvalue weighted by molar-refractivity contribution is -0.122. The first kappa shape index (κ1) is 26.7. The van der Waals surface area contributed by atoms with E-state index < -0.39 is 23.4 Å². The van der Waals surface area contributed by atoms with Gasteiger partial charge in [-0.3, -0.25) is 14.4 Å². The summed E-state index contributed by atoms with van der Waals surface area (Å²) in [6.07, 6.45) is 3.73. The standard InChI is InChI=1S/C35H24ClN3O4/c36-23-15-13-22(14-16-23)31(40)29-30(32(41)25-9-3-6-12-28(25)43-20-18-37)39-19-17-21-7-1-2-8-24(21)33(39)35(29)26-10-4-5-11-27(26)38-34(35)42/h1-17,19,29-30,33H,20H2,(H,38,42)/t29-,30+,33-,35+/m1/s1. The monoisotopic (exact) mass is 585 g/mol. The van der Waals surface area contributed by atoms with E-state index in [4.69, 9.17) is 21.6 Å². The predicted molar refractivity (Wildman–Crippen MR) is 162 cm³/mol. The van der Waals surface area contributed by atoms with Gasteiger partial charge in [-0.15, -0.1) is 0 Å². The molecule has 7 nitrogen and oxygen atoms in total. The first-order chi connectivity index (χ1) is 21.0. The molecule has 3 aliphatic rings. The lowest BCUT2D eigenvalue weighted by Gasteiger charge is -2.38. The number of nitrogens with zero attached hydrogens (tertiary/aromatic N) is 2. The topological polar surface area (TPSA) is 99.5 Å². The third kappa shape index (κ3) is 3.91. The van der Waals surface area contributed by atoms with Gasteiger partial charge in [0, 0.05) is 22.5 Å². The summed E-state index contributed by atoms with van der Waals surface area (Å²) in [5.41, 5.74) is 2.15. The van der Waals surface area contributed by atoms with Crippen molar-refractivity contribution >= 4 is 40.8 Å². The van der Waals surface area contributed by atoms with Crippen LogP contribution in [0, 0.1) is 17.2 Å². The molecular formula is C35H24ClN3O4. The first-order valence-corrected chi connectivity index (χ1v) is 14.2. The molecule has 1 N–H and O–H groups in total. The number of carbonyl (C=O) groups is 3. The van der Waals surface area contributed by atoms with E-state index in [2.05, 4.69) is 5.32 Å². The minimum atomic E-state index is -1.45. The van der Waals surface area contributed by atoms with E-state index in [0.717, 1.165) is 11.1 Å². The highest BCUT2D eigenvalue weighted by atomic mass is 35.5. The quantitative estimate of drug-likeness (QED) is 0.270. The summed E-state index contributed by atoms with van der Waals surface area (Å²) in [4.78, 5) is 46.0. The number of ether oxygens (including phenoxy) is 1. The van der Waals surface area contributed by atoms with Crippen molar-refractivity contribution in [2.24, 2.45) is 5.92 Å². The van der Waals surface area contributed by atoms with Crippen LogP contribution in [0.1, 0.15) is 43.4 Å². The molecule has 1 spiro atoms. The molecule has 8 heteroatoms. The number of ketones is 2. The molecule has 3 heterocycles. The van der Waals surface area contributed by atoms with Crippen molar-refractivity contribution in [1.82, 2.24) is 4.90 Å². The molecule has 0 unspecified atom stereocenters. The molecule has 4 aromatic rings. The highest BCUT2D eigenvalue weighted by Gasteiger charge is 2.70. The molecule has 0 radical (unpaired) electrons. The Morgan fingerprint density at radius 1 is 0.930 bits per heavy atom. The molecule has 4 aromatic carbocycles. The van der Waals surface area contributed by atoms with E-state index in [0.29, 0.717) is 21.8 Å². The van der Waals surface area contributed by atoms with Crippen molar-refractivity contribution in [3.05, 3.63) is 136 Å². The number of carbonyl (C=O) groups excluding carboxylic acids is 3. The fourth-order valence-corrected chi connectivity index (χ4v) is 7.15. The Hall–Kier alpha value is -5.19. The molecular weight excluding hydrogens is 562 g/mol. The average Bonchev–Trinajstić information content (AvgIpc) is 3.52. The third-order valence-electron chi connectivity index (χ3n) is 8.70. The Bertz CT molecular complexity index is 1880. The number of nitriles is 1. The van der Waals surface area contributed by atoms with E-state index >= 15 is 0 Å². The van der Waals surface area contributed by atoms with Crippen molar-refractivity contribution < 1.29 is 19.1 Å². The van der Waals surface area contributed by atoms with Gasteiger partial charge in [-0.2, -0.15) is 5.26 Å². The van der Waals surface area contributed by atoms with Crippen LogP contribution in [-0.4, -0.2) is 35.0 Å². The molecule has 7 rings (SSSR count). The van der Waals surface area contributed by atoms with E-state index in [9.17, 15) is 14.4 Å². The number of hydrogen-bond acceptors (Lipinski definition) is 6. The summed E-state index contributed by atoms with van der Waals surface area (Å²) in [5.74, 6) is -1.97. The van der Waals surface area contributed by atoms with E-state index in [1.165, 1.54) is 0 Å². The number of hydrogen-bond donors (Lipinski definition) is 1. The van der Waals surface area contributed by atoms with Crippen LogP contribution in [0.3, 0.4) is 0 Å². The Morgan fingerprint density at radius 3 is 2.47 bits per heavy atom. The molecule has 43 heavy (non-hydrogen) atoms. The number of halogens is 1. The smallest absolute Gasteiger partial charge is 0.238 e. The number of Topliss-reactive ketones (excluding diaryl/α,β-unsaturated/α-hetero) is 2. The van der Waals surface area contributed by atoms with Crippen LogP contribution in [0.25, 0.3) is 6.08 Å². The Balaban J connectivity index is 1.52. The Kier molecular flexibility index (Phi) is 6.37. The van der Waals surface area contributed by atoms with E-state index in [-0.39, 0.29) is 35.4 Å². The van der Waals surface area contributed by atoms with E-state index in [1.807, 2.05) is 71.8 Å². The molecule has 0 aromatic heterocycles. The van der Waals surface area contributed by atoms with Gasteiger partial charge < -0.3 is 15.0 Å². The minimum Gasteiger partial charge on any atom is -0.478 e. The molecule has 0 bridgehead atoms. The molecule has 0 saturated carbocycles. The number of rotatable bonds is 6. The molecule has 210 valence electrons. The number of anilines is 1. The minimum absolute atomic E-state index is 0.228. The van der Waals surface area contributed by atoms with Crippen LogP contribution >= 0.6 is 11.6 Å². The summed E-state index contributed by atoms with van der Waals surface area (Å²) in [7, 11) is 0. The van der Waals surface area contributed by atoms with Crippen molar-refractivity contribution in [3.8, 4) is 11.8 Å². The fraction of sp³-hybridized carbons (Fsp3) is 0.143. The van der Waals surface area contributed by atoms with Gasteiger partial charge in [0.1, 0.15) is 23.3 Å². The van der Waals surface area contributed by atoms with Gasteiger partial charge in [0.2, 0.25) is 5.91 Å². The number of para-hydroxylation sites is 2. The summed E-state index contributed by atoms with van der Waals surface area (Å²) < 4.78 is 5.65. The SMILES string of the molecule is N#CCOc1ccccc1C(=O)[C@@H]1[C@H](C(=O)c2ccc(Cl)cc2)[C@]2(C(=O)Nc3ccccc32)[C@H]2c3ccccc3C=CN12. The Labute approximate surface area is 253 Å². The van der Waals surface area contributed by atoms with Crippen molar-refractivity contribution in [2.45, 2.75) is 17.5 Å². The lowest BCUT2D eigenvalue weighted by Crippen LogP contribution is -2.49. The van der Waals surface area contributed by atoms with Crippen molar-refractivity contribution in [1.29, 1.82) is 5.26 Å². The van der Waals surface area contributed by atoms with Gasteiger partial charge in [0.25, 0.3) is 0 Å². The highest BCUT2D eigenvalue weighted by molar-refractivity contribution is 6.30. The number of fused-ring (bicyclic) bond motifs is 6. The summed E-state index contributed by atoms with van der Waals surface area (Å²) >= 11 is 6.18. The van der Waals surface area contributed by atoms with Gasteiger partial charge in [-0.05, 0) is 65.2 Å². The molecule has 0 aliphatic carbocycles. The molecule has 1 fully saturated rings. The zero-order valence-electron chi connectivity index (χ0n) is 22.7. The maximum absolute atomic E-state index is 14.8. The van der Waals surface area contributed by atoms with Gasteiger partial charge in [0.15, 0.2) is 18.2 Å². The van der Waals surface area contributed by atoms with Gasteiger partial charge >= 0.3 is 0 Å². The second kappa shape index (κ2) is 10.3. The summed E-state index contributed by atoms with van der Waals surface area (Å²) in [5, 5.41) is 12.7. The summed E-state index contributed by atoms with van der Waals surface area (Å²) in [6.45, 7) is -0.249. The Morgan fingerprint density at radius 2 is 1.65 bits per heavy atom. The van der Waals surface area contributed by atoms with Crippen LogP contribution in [0.2, 0.25) is 5.02 Å². The number of benzene rings is 4. The molecule has 1 saturated heterocycles.